The van der Waals surface area contributed by atoms with Gasteiger partial charge in [0.2, 0.25) is 0 Å². The van der Waals surface area contributed by atoms with Crippen LogP contribution in [-0.2, 0) is 56.5 Å². The van der Waals surface area contributed by atoms with E-state index in [1.54, 1.807) is 121 Å². The number of esters is 4. The number of benzene rings is 1. The lowest BCUT2D eigenvalue weighted by Crippen LogP contribution is -2.66. The zero-order valence-electron chi connectivity index (χ0n) is 34.1. The smallest absolute Gasteiger partial charge is 0.352 e. The third-order valence-electron chi connectivity index (χ3n) is 7.88. The molecule has 1 heterocycles. The molecule has 0 radical (unpaired) electrons. The van der Waals surface area contributed by atoms with Crippen LogP contribution in [0.1, 0.15) is 108 Å². The van der Waals surface area contributed by atoms with Gasteiger partial charge in [-0.2, -0.15) is 0 Å². The topological polar surface area (TPSA) is 171 Å². The summed E-state index contributed by atoms with van der Waals surface area (Å²) in [5.41, 5.74) is -3.62. The first kappa shape index (κ1) is 46.1. The number of nitrogens with one attached hydrogen (secondary N) is 1. The van der Waals surface area contributed by atoms with E-state index in [0.29, 0.717) is 11.3 Å². The van der Waals surface area contributed by atoms with Crippen LogP contribution in [0.5, 0.6) is 5.75 Å². The molecule has 0 amide bonds. The largest absolute Gasteiger partial charge is 0.497 e. The first-order valence-electron chi connectivity index (χ1n) is 17.9. The van der Waals surface area contributed by atoms with E-state index in [1.807, 2.05) is 0 Å². The summed E-state index contributed by atoms with van der Waals surface area (Å²) >= 11 is 0. The Morgan fingerprint density at radius 3 is 1.49 bits per heavy atom. The number of ether oxygens (including phenoxy) is 6. The molecule has 53 heavy (non-hydrogen) atoms. The van der Waals surface area contributed by atoms with Gasteiger partial charge in [0.15, 0.2) is 24.5 Å². The van der Waals surface area contributed by atoms with E-state index in [0.717, 1.165) is 0 Å². The first-order chi connectivity index (χ1) is 24.2. The normalized spacial score (nSPS) is 22.0. The second kappa shape index (κ2) is 18.1. The second-order valence-electron chi connectivity index (χ2n) is 17.0. The molecule has 14 nitrogen and oxygen atoms in total. The van der Waals surface area contributed by atoms with Crippen molar-refractivity contribution in [3.63, 3.8) is 0 Å². The highest BCUT2D eigenvalue weighted by Crippen LogP contribution is 2.60. The molecule has 302 valence electrons. The Morgan fingerprint density at radius 2 is 1.09 bits per heavy atom. The van der Waals surface area contributed by atoms with Crippen LogP contribution in [0.25, 0.3) is 0 Å². The van der Waals surface area contributed by atoms with Gasteiger partial charge in [-0.3, -0.25) is 29.1 Å². The maximum absolute atomic E-state index is 14.6. The number of carbonyl (C=O) groups excluding carboxylic acids is 4. The molecule has 1 aliphatic rings. The van der Waals surface area contributed by atoms with Crippen molar-refractivity contribution in [3.8, 4) is 5.75 Å². The molecule has 0 saturated carbocycles. The first-order valence-corrected chi connectivity index (χ1v) is 19.6. The number of hydrogen-bond donors (Lipinski definition) is 1. The Bertz CT molecular complexity index is 1440. The van der Waals surface area contributed by atoms with Crippen molar-refractivity contribution in [2.75, 3.05) is 26.9 Å². The minimum atomic E-state index is -4.09. The fourth-order valence-corrected chi connectivity index (χ4v) is 6.68. The average Bonchev–Trinajstić information content (AvgIpc) is 3.03. The standard InChI is InChI=1S/C38H62NO13P/c1-16-47-53(44,48-17-2)30(23-18-20-24(45-15)21-19-23)39-29-28(52-34(43)38(12,13)14)27(51-33(42)37(9,10)11)26(50-32(41)36(6,7)8)25(49-29)22-46-31(40)35(3,4)5/h18-21,25-30,39H,16-17,22H2,1-15H3/t25-,26+,27+,28-,29-,30?/m1/s1. The molecule has 2 rings (SSSR count). The van der Waals surface area contributed by atoms with E-state index in [2.05, 4.69) is 5.32 Å². The highest BCUT2D eigenvalue weighted by molar-refractivity contribution is 7.54. The van der Waals surface area contributed by atoms with E-state index < -0.39 is 96.2 Å². The Labute approximate surface area is 315 Å². The van der Waals surface area contributed by atoms with E-state index in [1.165, 1.54) is 7.11 Å². The molecule has 6 atom stereocenters. The third-order valence-corrected chi connectivity index (χ3v) is 10.2. The van der Waals surface area contributed by atoms with E-state index >= 15 is 0 Å². The Morgan fingerprint density at radius 1 is 0.679 bits per heavy atom. The molecule has 1 aromatic rings. The molecule has 1 unspecified atom stereocenters. The van der Waals surface area contributed by atoms with Crippen molar-refractivity contribution >= 4 is 31.5 Å². The number of hydrogen-bond acceptors (Lipinski definition) is 14. The van der Waals surface area contributed by atoms with E-state index in [-0.39, 0.29) is 13.2 Å². The summed E-state index contributed by atoms with van der Waals surface area (Å²) in [6.45, 7) is 22.7. The summed E-state index contributed by atoms with van der Waals surface area (Å²) in [5.74, 6) is -3.39. The predicted molar refractivity (Wildman–Crippen MR) is 197 cm³/mol. The van der Waals surface area contributed by atoms with Crippen LogP contribution < -0.4 is 10.1 Å². The molecule has 1 N–H and O–H groups in total. The Hall–Kier alpha value is -3.03. The maximum Gasteiger partial charge on any atom is 0.352 e. The van der Waals surface area contributed by atoms with Gasteiger partial charge in [-0.25, -0.2) is 0 Å². The van der Waals surface area contributed by atoms with Gasteiger partial charge in [-0.05, 0) is 115 Å². The van der Waals surface area contributed by atoms with Crippen LogP contribution >= 0.6 is 7.60 Å². The van der Waals surface area contributed by atoms with Crippen LogP contribution in [0.2, 0.25) is 0 Å². The third kappa shape index (κ3) is 12.8. The molecule has 0 aromatic heterocycles. The van der Waals surface area contributed by atoms with Crippen molar-refractivity contribution < 1.29 is 61.2 Å². The lowest BCUT2D eigenvalue weighted by Gasteiger charge is -2.47. The quantitative estimate of drug-likeness (QED) is 0.120. The molecule has 1 aliphatic heterocycles. The van der Waals surface area contributed by atoms with E-state index in [9.17, 15) is 23.7 Å². The monoisotopic (exact) mass is 771 g/mol. The maximum atomic E-state index is 14.6. The van der Waals surface area contributed by atoms with Crippen LogP contribution in [0, 0.1) is 21.7 Å². The molecule has 0 bridgehead atoms. The Balaban J connectivity index is 2.94. The van der Waals surface area contributed by atoms with Crippen molar-refractivity contribution in [1.82, 2.24) is 5.32 Å². The van der Waals surface area contributed by atoms with Gasteiger partial charge in [0.05, 0.1) is 42.0 Å². The van der Waals surface area contributed by atoms with Gasteiger partial charge < -0.3 is 37.5 Å². The van der Waals surface area contributed by atoms with Gasteiger partial charge in [0.25, 0.3) is 0 Å². The average molecular weight is 772 g/mol. The molecular formula is C38H62NO13P. The summed E-state index contributed by atoms with van der Waals surface area (Å²) in [5, 5.41) is 3.20. The lowest BCUT2D eigenvalue weighted by atomic mass is 9.92. The summed E-state index contributed by atoms with van der Waals surface area (Å²) < 4.78 is 62.1. The second-order valence-corrected chi connectivity index (χ2v) is 19.1. The van der Waals surface area contributed by atoms with Gasteiger partial charge >= 0.3 is 31.5 Å². The SMILES string of the molecule is CCOP(=O)(OCC)C(N[C@@H]1O[C@H](COC(=O)C(C)(C)C)[C@H](OC(=O)C(C)(C)C)[C@H](OC(=O)C(C)(C)C)[C@H]1OC(=O)C(C)(C)C)c1ccc(OC)cc1. The number of methoxy groups -OCH3 is 1. The fraction of sp³-hybridized carbons (Fsp3) is 0.737. The summed E-state index contributed by atoms with van der Waals surface area (Å²) in [7, 11) is -2.58. The van der Waals surface area contributed by atoms with Crippen molar-refractivity contribution in [2.24, 2.45) is 21.7 Å². The molecule has 0 spiro atoms. The van der Waals surface area contributed by atoms with Crippen molar-refractivity contribution in [1.29, 1.82) is 0 Å². The summed E-state index contributed by atoms with van der Waals surface area (Å²) in [4.78, 5) is 54.0. The molecule has 1 fully saturated rings. The highest BCUT2D eigenvalue weighted by atomic mass is 31.2. The van der Waals surface area contributed by atoms with Gasteiger partial charge in [-0.1, -0.05) is 12.1 Å². The molecule has 0 aliphatic carbocycles. The molecule has 1 aromatic carbocycles. The molecular weight excluding hydrogens is 709 g/mol. The summed E-state index contributed by atoms with van der Waals surface area (Å²) in [6, 6.07) is 6.65. The van der Waals surface area contributed by atoms with Gasteiger partial charge in [-0.15, -0.1) is 0 Å². The number of rotatable bonds is 14. The minimum Gasteiger partial charge on any atom is -0.497 e. The number of carbonyl (C=O) groups is 4. The van der Waals surface area contributed by atoms with Crippen LogP contribution in [0.15, 0.2) is 24.3 Å². The minimum absolute atomic E-state index is 0.0155. The van der Waals surface area contributed by atoms with Gasteiger partial charge in [0.1, 0.15) is 24.2 Å². The highest BCUT2D eigenvalue weighted by Gasteiger charge is 2.56. The van der Waals surface area contributed by atoms with Crippen LogP contribution in [0.4, 0.5) is 0 Å². The zero-order valence-corrected chi connectivity index (χ0v) is 35.0. The summed E-state index contributed by atoms with van der Waals surface area (Å²) in [6.07, 6.45) is -7.20. The van der Waals surface area contributed by atoms with Gasteiger partial charge in [0, 0.05) is 0 Å². The van der Waals surface area contributed by atoms with Crippen molar-refractivity contribution in [3.05, 3.63) is 29.8 Å². The lowest BCUT2D eigenvalue weighted by molar-refractivity contribution is -0.265. The van der Waals surface area contributed by atoms with E-state index in [4.69, 9.17) is 37.5 Å². The fourth-order valence-electron chi connectivity index (χ4n) is 4.72. The molecule has 1 saturated heterocycles. The van der Waals surface area contributed by atoms with Crippen LogP contribution in [-0.4, -0.2) is 81.5 Å². The van der Waals surface area contributed by atoms with Crippen molar-refractivity contribution in [2.45, 2.75) is 133 Å². The molecule has 15 heteroatoms. The Kier molecular flexibility index (Phi) is 15.7. The van der Waals surface area contributed by atoms with Crippen LogP contribution in [0.3, 0.4) is 0 Å². The zero-order chi connectivity index (χ0) is 40.7. The predicted octanol–water partition coefficient (Wildman–Crippen LogP) is 6.74.